The van der Waals surface area contributed by atoms with Crippen LogP contribution in [0.1, 0.15) is 26.7 Å². The van der Waals surface area contributed by atoms with E-state index in [-0.39, 0.29) is 17.2 Å². The number of nitrogens with zero attached hydrogens (tertiary/aromatic N) is 5. The second kappa shape index (κ2) is 8.13. The Morgan fingerprint density at radius 1 is 1.16 bits per heavy atom. The van der Waals surface area contributed by atoms with Gasteiger partial charge >= 0.3 is 5.69 Å². The third-order valence-electron chi connectivity index (χ3n) is 5.86. The predicted molar refractivity (Wildman–Crippen MR) is 120 cm³/mol. The number of hydrogen-bond acceptors (Lipinski definition) is 6. The molecule has 0 saturated carbocycles. The van der Waals surface area contributed by atoms with E-state index in [9.17, 15) is 9.59 Å². The van der Waals surface area contributed by atoms with Crippen molar-refractivity contribution >= 4 is 22.8 Å². The molecule has 0 radical (unpaired) electrons. The number of benzene rings is 1. The van der Waals surface area contributed by atoms with Crippen molar-refractivity contribution in [2.45, 2.75) is 39.8 Å². The van der Waals surface area contributed by atoms with Crippen LogP contribution in [0.3, 0.4) is 0 Å². The molecule has 0 saturated heterocycles. The average molecular weight is 428 g/mol. The molecule has 0 amide bonds. The van der Waals surface area contributed by atoms with Crippen molar-refractivity contribution in [2.75, 3.05) is 25.7 Å². The second-order valence-corrected chi connectivity index (χ2v) is 8.10. The van der Waals surface area contributed by atoms with E-state index in [1.54, 1.807) is 21.3 Å². The summed E-state index contributed by atoms with van der Waals surface area (Å²) in [7, 11) is 4.90. The zero-order valence-electron chi connectivity index (χ0n) is 18.7. The number of rotatable bonds is 6. The SMILES string of the molecule is CCCCn1c(=O)c2c(nc3n2CC(C)CN3c2ccc(OC)cc2OC)n(C)c1=O. The summed E-state index contributed by atoms with van der Waals surface area (Å²) in [6.45, 7) is 5.95. The van der Waals surface area contributed by atoms with Gasteiger partial charge in [-0.2, -0.15) is 4.98 Å². The molecule has 0 N–H and O–H groups in total. The van der Waals surface area contributed by atoms with Gasteiger partial charge in [-0.05, 0) is 24.5 Å². The first-order valence-electron chi connectivity index (χ1n) is 10.6. The molecule has 9 heteroatoms. The molecular formula is C22H29N5O4. The zero-order valence-corrected chi connectivity index (χ0v) is 18.7. The highest BCUT2D eigenvalue weighted by Gasteiger charge is 2.31. The summed E-state index contributed by atoms with van der Waals surface area (Å²) in [6.07, 6.45) is 1.67. The number of fused-ring (bicyclic) bond motifs is 3. The highest BCUT2D eigenvalue weighted by Crippen LogP contribution is 2.39. The lowest BCUT2D eigenvalue weighted by Crippen LogP contribution is -2.40. The lowest BCUT2D eigenvalue weighted by atomic mass is 10.1. The number of aromatic nitrogens is 4. The fraction of sp³-hybridized carbons (Fsp3) is 0.500. The Bertz CT molecular complexity index is 1240. The minimum absolute atomic E-state index is 0.262. The minimum Gasteiger partial charge on any atom is -0.497 e. The Labute approximate surface area is 180 Å². The van der Waals surface area contributed by atoms with Gasteiger partial charge in [0.1, 0.15) is 11.5 Å². The van der Waals surface area contributed by atoms with Gasteiger partial charge in [0.05, 0.1) is 19.9 Å². The summed E-state index contributed by atoms with van der Waals surface area (Å²) in [4.78, 5) is 33.0. The fourth-order valence-corrected chi connectivity index (χ4v) is 4.23. The molecular weight excluding hydrogens is 398 g/mol. The molecule has 1 unspecified atom stereocenters. The van der Waals surface area contributed by atoms with Crippen LogP contribution in [0.4, 0.5) is 11.6 Å². The summed E-state index contributed by atoms with van der Waals surface area (Å²) >= 11 is 0. The summed E-state index contributed by atoms with van der Waals surface area (Å²) in [6, 6.07) is 5.63. The van der Waals surface area contributed by atoms with Crippen molar-refractivity contribution in [3.05, 3.63) is 39.0 Å². The van der Waals surface area contributed by atoms with Crippen LogP contribution in [0.15, 0.2) is 27.8 Å². The topological polar surface area (TPSA) is 83.5 Å². The maximum atomic E-state index is 13.3. The normalized spacial score (nSPS) is 15.9. The van der Waals surface area contributed by atoms with Crippen molar-refractivity contribution < 1.29 is 9.47 Å². The van der Waals surface area contributed by atoms with Crippen molar-refractivity contribution in [1.82, 2.24) is 18.7 Å². The lowest BCUT2D eigenvalue weighted by molar-refractivity contribution is 0.392. The number of anilines is 2. The van der Waals surface area contributed by atoms with Gasteiger partial charge in [-0.3, -0.25) is 13.9 Å². The van der Waals surface area contributed by atoms with Crippen molar-refractivity contribution in [3.8, 4) is 11.5 Å². The molecule has 1 aliphatic rings. The Hall–Kier alpha value is -3.23. The van der Waals surface area contributed by atoms with Gasteiger partial charge in [-0.25, -0.2) is 4.79 Å². The van der Waals surface area contributed by atoms with Crippen LogP contribution in [-0.2, 0) is 20.1 Å². The smallest absolute Gasteiger partial charge is 0.332 e. The number of imidazole rings is 1. The molecule has 1 aromatic carbocycles. The first-order chi connectivity index (χ1) is 14.9. The van der Waals surface area contributed by atoms with E-state index in [1.807, 2.05) is 34.6 Å². The molecule has 2 aromatic heterocycles. The summed E-state index contributed by atoms with van der Waals surface area (Å²) in [5.74, 6) is 2.25. The Morgan fingerprint density at radius 3 is 2.61 bits per heavy atom. The van der Waals surface area contributed by atoms with Gasteiger partial charge in [0, 0.05) is 32.7 Å². The molecule has 166 valence electrons. The molecule has 0 fully saturated rings. The van der Waals surface area contributed by atoms with Gasteiger partial charge in [-0.1, -0.05) is 20.3 Å². The first kappa shape index (κ1) is 21.0. The third-order valence-corrected chi connectivity index (χ3v) is 5.86. The molecule has 1 atom stereocenters. The van der Waals surface area contributed by atoms with E-state index in [2.05, 4.69) is 6.92 Å². The van der Waals surface area contributed by atoms with Crippen LogP contribution in [0.5, 0.6) is 11.5 Å². The number of methoxy groups -OCH3 is 2. The van der Waals surface area contributed by atoms with Crippen molar-refractivity contribution in [2.24, 2.45) is 13.0 Å². The summed E-state index contributed by atoms with van der Waals surface area (Å²) in [5.41, 5.74) is 1.10. The number of aryl methyl sites for hydroxylation is 1. The van der Waals surface area contributed by atoms with E-state index in [0.717, 1.165) is 18.5 Å². The monoisotopic (exact) mass is 427 g/mol. The van der Waals surface area contributed by atoms with E-state index in [1.165, 1.54) is 9.13 Å². The highest BCUT2D eigenvalue weighted by atomic mass is 16.5. The maximum absolute atomic E-state index is 13.3. The molecule has 4 rings (SSSR count). The molecule has 1 aliphatic heterocycles. The van der Waals surface area contributed by atoms with Crippen LogP contribution in [0, 0.1) is 5.92 Å². The summed E-state index contributed by atoms with van der Waals surface area (Å²) in [5, 5.41) is 0. The molecule has 3 aromatic rings. The number of ether oxygens (including phenoxy) is 2. The Kier molecular flexibility index (Phi) is 5.51. The Morgan fingerprint density at radius 2 is 1.94 bits per heavy atom. The van der Waals surface area contributed by atoms with Crippen LogP contribution >= 0.6 is 0 Å². The first-order valence-corrected chi connectivity index (χ1v) is 10.6. The quantitative estimate of drug-likeness (QED) is 0.601. The van der Waals surface area contributed by atoms with E-state index < -0.39 is 0 Å². The average Bonchev–Trinajstić information content (AvgIpc) is 3.16. The molecule has 0 bridgehead atoms. The molecule has 3 heterocycles. The van der Waals surface area contributed by atoms with Crippen LogP contribution in [0.25, 0.3) is 11.2 Å². The van der Waals surface area contributed by atoms with E-state index in [0.29, 0.717) is 48.2 Å². The van der Waals surface area contributed by atoms with Crippen LogP contribution < -0.4 is 25.6 Å². The molecule has 0 spiro atoms. The minimum atomic E-state index is -0.331. The van der Waals surface area contributed by atoms with Gasteiger partial charge < -0.3 is 18.9 Å². The second-order valence-electron chi connectivity index (χ2n) is 8.10. The highest BCUT2D eigenvalue weighted by molar-refractivity contribution is 5.78. The fourth-order valence-electron chi connectivity index (χ4n) is 4.23. The third kappa shape index (κ3) is 3.37. The number of hydrogen-bond donors (Lipinski definition) is 0. The van der Waals surface area contributed by atoms with Gasteiger partial charge in [0.2, 0.25) is 5.95 Å². The standard InChI is InChI=1S/C22H29N5O4/c1-6-7-10-25-20(28)18-19(24(3)22(25)29)23-21-26(12-14(2)13-27(18)21)16-9-8-15(30-4)11-17(16)31-5/h8-9,11,14H,6-7,10,12-13H2,1-5H3. The Balaban J connectivity index is 1.96. The van der Waals surface area contributed by atoms with Crippen molar-refractivity contribution in [3.63, 3.8) is 0 Å². The van der Waals surface area contributed by atoms with Crippen LogP contribution in [0.2, 0.25) is 0 Å². The van der Waals surface area contributed by atoms with E-state index in [4.69, 9.17) is 14.5 Å². The number of unbranched alkanes of at least 4 members (excludes halogenated alkanes) is 1. The van der Waals surface area contributed by atoms with Gasteiger partial charge in [-0.15, -0.1) is 0 Å². The van der Waals surface area contributed by atoms with Gasteiger partial charge in [0.25, 0.3) is 5.56 Å². The predicted octanol–water partition coefficient (Wildman–Crippen LogP) is 2.50. The van der Waals surface area contributed by atoms with Crippen LogP contribution in [-0.4, -0.2) is 39.4 Å². The lowest BCUT2D eigenvalue weighted by Gasteiger charge is -2.33. The van der Waals surface area contributed by atoms with Crippen molar-refractivity contribution in [1.29, 1.82) is 0 Å². The van der Waals surface area contributed by atoms with Gasteiger partial charge in [0.15, 0.2) is 11.2 Å². The molecule has 9 nitrogen and oxygen atoms in total. The largest absolute Gasteiger partial charge is 0.497 e. The molecule has 0 aliphatic carbocycles. The van der Waals surface area contributed by atoms with E-state index >= 15 is 0 Å². The molecule has 31 heavy (non-hydrogen) atoms. The zero-order chi connectivity index (χ0) is 22.3. The maximum Gasteiger partial charge on any atom is 0.332 e. The summed E-state index contributed by atoms with van der Waals surface area (Å²) < 4.78 is 15.7.